The summed E-state index contributed by atoms with van der Waals surface area (Å²) >= 11 is 0. The average molecular weight is 234 g/mol. The van der Waals surface area contributed by atoms with E-state index >= 15 is 0 Å². The van der Waals surface area contributed by atoms with E-state index in [9.17, 15) is 4.79 Å². The topological polar surface area (TPSA) is 46.5 Å². The SMILES string of the molecule is CC(C)(CC(=O)O)c1cccc2c1COCC2. The van der Waals surface area contributed by atoms with Crippen LogP contribution >= 0.6 is 0 Å². The van der Waals surface area contributed by atoms with E-state index in [1.165, 1.54) is 11.1 Å². The van der Waals surface area contributed by atoms with Gasteiger partial charge in [-0.3, -0.25) is 4.79 Å². The van der Waals surface area contributed by atoms with Crippen LogP contribution in [-0.4, -0.2) is 17.7 Å². The number of ether oxygens (including phenoxy) is 1. The summed E-state index contributed by atoms with van der Waals surface area (Å²) in [5.41, 5.74) is 3.24. The van der Waals surface area contributed by atoms with Crippen molar-refractivity contribution in [2.24, 2.45) is 0 Å². The highest BCUT2D eigenvalue weighted by Crippen LogP contribution is 2.33. The van der Waals surface area contributed by atoms with Gasteiger partial charge in [-0.15, -0.1) is 0 Å². The Morgan fingerprint density at radius 1 is 1.47 bits per heavy atom. The number of carboxylic acid groups (broad SMARTS) is 1. The van der Waals surface area contributed by atoms with Crippen molar-refractivity contribution in [3.05, 3.63) is 34.9 Å². The summed E-state index contributed by atoms with van der Waals surface area (Å²) in [5, 5.41) is 8.98. The molecule has 0 unspecified atom stereocenters. The van der Waals surface area contributed by atoms with Crippen LogP contribution in [0.15, 0.2) is 18.2 Å². The lowest BCUT2D eigenvalue weighted by molar-refractivity contribution is -0.138. The molecule has 0 aliphatic carbocycles. The Balaban J connectivity index is 2.41. The van der Waals surface area contributed by atoms with Crippen molar-refractivity contribution >= 4 is 5.97 Å². The molecule has 1 aliphatic rings. The van der Waals surface area contributed by atoms with Gasteiger partial charge in [-0.2, -0.15) is 0 Å². The molecule has 0 amide bonds. The highest BCUT2D eigenvalue weighted by Gasteiger charge is 2.28. The Labute approximate surface area is 101 Å². The van der Waals surface area contributed by atoms with E-state index in [-0.39, 0.29) is 11.8 Å². The molecule has 1 aromatic carbocycles. The van der Waals surface area contributed by atoms with E-state index in [1.807, 2.05) is 26.0 Å². The van der Waals surface area contributed by atoms with Crippen LogP contribution in [0.25, 0.3) is 0 Å². The number of carbonyl (C=O) groups is 1. The van der Waals surface area contributed by atoms with Crippen LogP contribution < -0.4 is 0 Å². The highest BCUT2D eigenvalue weighted by atomic mass is 16.5. The number of hydrogen-bond acceptors (Lipinski definition) is 2. The van der Waals surface area contributed by atoms with Crippen molar-refractivity contribution in [3.8, 4) is 0 Å². The molecule has 0 radical (unpaired) electrons. The van der Waals surface area contributed by atoms with Crippen molar-refractivity contribution in [1.29, 1.82) is 0 Å². The molecule has 2 rings (SSSR count). The summed E-state index contributed by atoms with van der Waals surface area (Å²) < 4.78 is 5.49. The molecule has 1 heterocycles. The van der Waals surface area contributed by atoms with Crippen LogP contribution in [0.5, 0.6) is 0 Å². The lowest BCUT2D eigenvalue weighted by atomic mass is 9.77. The summed E-state index contributed by atoms with van der Waals surface area (Å²) in [7, 11) is 0. The Bertz CT molecular complexity index is 435. The van der Waals surface area contributed by atoms with Crippen molar-refractivity contribution < 1.29 is 14.6 Å². The van der Waals surface area contributed by atoms with Gasteiger partial charge in [0.25, 0.3) is 0 Å². The molecular weight excluding hydrogens is 216 g/mol. The predicted octanol–water partition coefficient (Wildman–Crippen LogP) is 2.51. The molecule has 0 fully saturated rings. The van der Waals surface area contributed by atoms with Crippen LogP contribution in [0.4, 0.5) is 0 Å². The number of benzene rings is 1. The third-order valence-electron chi connectivity index (χ3n) is 3.36. The first kappa shape index (κ1) is 12.1. The molecule has 17 heavy (non-hydrogen) atoms. The molecule has 1 aliphatic heterocycles. The van der Waals surface area contributed by atoms with Gasteiger partial charge in [0.1, 0.15) is 0 Å². The molecule has 1 N–H and O–H groups in total. The van der Waals surface area contributed by atoms with Gasteiger partial charge in [-0.05, 0) is 23.1 Å². The summed E-state index contributed by atoms with van der Waals surface area (Å²) in [5.74, 6) is -0.760. The first-order valence-corrected chi connectivity index (χ1v) is 5.91. The molecular formula is C14H18O3. The van der Waals surface area contributed by atoms with Gasteiger partial charge >= 0.3 is 5.97 Å². The quantitative estimate of drug-likeness (QED) is 0.874. The Hall–Kier alpha value is -1.35. The third kappa shape index (κ3) is 2.50. The maximum atomic E-state index is 10.9. The summed E-state index contributed by atoms with van der Waals surface area (Å²) in [4.78, 5) is 10.9. The van der Waals surface area contributed by atoms with Gasteiger partial charge in [0.05, 0.1) is 19.6 Å². The van der Waals surface area contributed by atoms with Crippen molar-refractivity contribution in [3.63, 3.8) is 0 Å². The first-order valence-electron chi connectivity index (χ1n) is 5.91. The largest absolute Gasteiger partial charge is 0.481 e. The van der Waals surface area contributed by atoms with Crippen LogP contribution in [0.1, 0.15) is 37.0 Å². The Kier molecular flexibility index (Phi) is 3.20. The zero-order valence-corrected chi connectivity index (χ0v) is 10.3. The van der Waals surface area contributed by atoms with Crippen LogP contribution in [-0.2, 0) is 28.0 Å². The van der Waals surface area contributed by atoms with Gasteiger partial charge in [0.2, 0.25) is 0 Å². The molecule has 0 aromatic heterocycles. The number of aliphatic carboxylic acids is 1. The highest BCUT2D eigenvalue weighted by molar-refractivity contribution is 5.69. The van der Waals surface area contributed by atoms with E-state index in [0.717, 1.165) is 18.6 Å². The molecule has 0 bridgehead atoms. The molecule has 3 heteroatoms. The van der Waals surface area contributed by atoms with E-state index in [1.54, 1.807) is 0 Å². The predicted molar refractivity (Wildman–Crippen MR) is 65.1 cm³/mol. The maximum absolute atomic E-state index is 10.9. The van der Waals surface area contributed by atoms with Gasteiger partial charge < -0.3 is 9.84 Å². The van der Waals surface area contributed by atoms with Crippen molar-refractivity contribution in [1.82, 2.24) is 0 Å². The second-order valence-electron chi connectivity index (χ2n) is 5.20. The second kappa shape index (κ2) is 4.49. The molecule has 0 saturated heterocycles. The van der Waals surface area contributed by atoms with Crippen LogP contribution in [0, 0.1) is 0 Å². The normalized spacial score (nSPS) is 15.4. The molecule has 0 atom stereocenters. The van der Waals surface area contributed by atoms with Crippen molar-refractivity contribution in [2.75, 3.05) is 6.61 Å². The van der Waals surface area contributed by atoms with Crippen molar-refractivity contribution in [2.45, 2.75) is 38.7 Å². The van der Waals surface area contributed by atoms with Gasteiger partial charge in [-0.1, -0.05) is 32.0 Å². The van der Waals surface area contributed by atoms with E-state index in [0.29, 0.717) is 6.61 Å². The molecule has 92 valence electrons. The van der Waals surface area contributed by atoms with Gasteiger partial charge in [0.15, 0.2) is 0 Å². The fourth-order valence-electron chi connectivity index (χ4n) is 2.50. The maximum Gasteiger partial charge on any atom is 0.304 e. The summed E-state index contributed by atoms with van der Waals surface area (Å²) in [6.07, 6.45) is 1.07. The number of fused-ring (bicyclic) bond motifs is 1. The van der Waals surface area contributed by atoms with Crippen LogP contribution in [0.3, 0.4) is 0 Å². The Morgan fingerprint density at radius 2 is 2.24 bits per heavy atom. The number of rotatable bonds is 3. The fourth-order valence-corrected chi connectivity index (χ4v) is 2.50. The molecule has 0 spiro atoms. The Morgan fingerprint density at radius 3 is 2.94 bits per heavy atom. The van der Waals surface area contributed by atoms with E-state index in [2.05, 4.69) is 6.07 Å². The average Bonchev–Trinajstić information content (AvgIpc) is 2.26. The minimum absolute atomic E-state index is 0.142. The lowest BCUT2D eigenvalue weighted by Gasteiger charge is -2.29. The zero-order valence-electron chi connectivity index (χ0n) is 10.3. The second-order valence-corrected chi connectivity index (χ2v) is 5.20. The summed E-state index contributed by atoms with van der Waals surface area (Å²) in [6.45, 7) is 5.32. The van der Waals surface area contributed by atoms with Gasteiger partial charge in [-0.25, -0.2) is 0 Å². The minimum atomic E-state index is -0.760. The molecule has 1 aromatic rings. The fraction of sp³-hybridized carbons (Fsp3) is 0.500. The number of carboxylic acids is 1. The molecule has 3 nitrogen and oxygen atoms in total. The van der Waals surface area contributed by atoms with E-state index < -0.39 is 5.97 Å². The smallest absolute Gasteiger partial charge is 0.304 e. The number of hydrogen-bond donors (Lipinski definition) is 1. The van der Waals surface area contributed by atoms with E-state index in [4.69, 9.17) is 9.84 Å². The monoisotopic (exact) mass is 234 g/mol. The third-order valence-corrected chi connectivity index (χ3v) is 3.36. The zero-order chi connectivity index (χ0) is 12.5. The lowest BCUT2D eigenvalue weighted by Crippen LogP contribution is -2.25. The molecule has 0 saturated carbocycles. The minimum Gasteiger partial charge on any atom is -0.481 e. The van der Waals surface area contributed by atoms with Crippen LogP contribution in [0.2, 0.25) is 0 Å². The first-order chi connectivity index (χ1) is 8.00. The summed E-state index contributed by atoms with van der Waals surface area (Å²) in [6, 6.07) is 6.15. The standard InChI is InChI=1S/C14H18O3/c1-14(2,8-13(15)16)12-5-3-4-10-6-7-17-9-11(10)12/h3-5H,6-9H2,1-2H3,(H,15,16). The van der Waals surface area contributed by atoms with Gasteiger partial charge in [0, 0.05) is 5.41 Å².